The summed E-state index contributed by atoms with van der Waals surface area (Å²) in [5, 5.41) is 0. The van der Waals surface area contributed by atoms with Crippen molar-refractivity contribution in [1.29, 1.82) is 0 Å². The van der Waals surface area contributed by atoms with Crippen molar-refractivity contribution in [3.63, 3.8) is 0 Å². The van der Waals surface area contributed by atoms with Crippen molar-refractivity contribution >= 4 is 0 Å². The summed E-state index contributed by atoms with van der Waals surface area (Å²) in [5.41, 5.74) is 0.806. The van der Waals surface area contributed by atoms with E-state index in [0.29, 0.717) is 6.61 Å². The molecule has 0 atom stereocenters. The molecular weight excluding hydrogens is 219 g/mol. The zero-order chi connectivity index (χ0) is 12.1. The van der Waals surface area contributed by atoms with Gasteiger partial charge >= 0.3 is 0 Å². The zero-order valence-corrected chi connectivity index (χ0v) is 9.52. The second kappa shape index (κ2) is 5.34. The average Bonchev–Trinajstić information content (AvgIpc) is 2.37. The first kappa shape index (κ1) is 11.5. The molecule has 0 saturated heterocycles. The predicted molar refractivity (Wildman–Crippen MR) is 63.7 cm³/mol. The summed E-state index contributed by atoms with van der Waals surface area (Å²) >= 11 is 0. The van der Waals surface area contributed by atoms with E-state index in [2.05, 4.69) is 0 Å². The molecule has 0 bridgehead atoms. The Morgan fingerprint density at radius 3 is 2.35 bits per heavy atom. The van der Waals surface area contributed by atoms with E-state index in [1.807, 2.05) is 30.3 Å². The lowest BCUT2D eigenvalue weighted by Crippen LogP contribution is -1.95. The fraction of sp³-hybridized carbons (Fsp3) is 0.143. The van der Waals surface area contributed by atoms with Gasteiger partial charge in [-0.05, 0) is 42.0 Å². The van der Waals surface area contributed by atoms with Gasteiger partial charge in [-0.25, -0.2) is 4.39 Å². The first-order valence-electron chi connectivity index (χ1n) is 5.29. The van der Waals surface area contributed by atoms with Crippen LogP contribution in [0.1, 0.15) is 5.56 Å². The molecule has 0 aliphatic heterocycles. The number of rotatable bonds is 4. The molecular formula is C14H13FO2. The summed E-state index contributed by atoms with van der Waals surface area (Å²) in [7, 11) is 1.61. The fourth-order valence-corrected chi connectivity index (χ4v) is 1.47. The number of ether oxygens (including phenoxy) is 2. The molecule has 3 heteroatoms. The van der Waals surface area contributed by atoms with Gasteiger partial charge in [0.05, 0.1) is 7.11 Å². The van der Waals surface area contributed by atoms with Gasteiger partial charge in [-0.3, -0.25) is 0 Å². The summed E-state index contributed by atoms with van der Waals surface area (Å²) < 4.78 is 23.5. The van der Waals surface area contributed by atoms with Gasteiger partial charge in [0.25, 0.3) is 0 Å². The fourth-order valence-electron chi connectivity index (χ4n) is 1.47. The Morgan fingerprint density at radius 1 is 1.00 bits per heavy atom. The van der Waals surface area contributed by atoms with Crippen molar-refractivity contribution < 1.29 is 13.9 Å². The minimum absolute atomic E-state index is 0.249. The van der Waals surface area contributed by atoms with Crippen LogP contribution in [0.4, 0.5) is 4.39 Å². The van der Waals surface area contributed by atoms with E-state index in [0.717, 1.165) is 17.1 Å². The van der Waals surface area contributed by atoms with Crippen molar-refractivity contribution in [2.45, 2.75) is 6.61 Å². The molecule has 0 aliphatic carbocycles. The first-order valence-corrected chi connectivity index (χ1v) is 5.29. The summed E-state index contributed by atoms with van der Waals surface area (Å²) in [6.45, 7) is 0.351. The van der Waals surface area contributed by atoms with E-state index in [4.69, 9.17) is 9.47 Å². The lowest BCUT2D eigenvalue weighted by molar-refractivity contribution is 0.305. The predicted octanol–water partition coefficient (Wildman–Crippen LogP) is 3.41. The Morgan fingerprint density at radius 2 is 1.71 bits per heavy atom. The Hall–Kier alpha value is -2.03. The third-order valence-electron chi connectivity index (χ3n) is 2.35. The Balaban J connectivity index is 1.97. The average molecular weight is 232 g/mol. The second-order valence-electron chi connectivity index (χ2n) is 3.59. The summed E-state index contributed by atoms with van der Waals surface area (Å²) in [6, 6.07) is 13.6. The molecule has 0 aromatic heterocycles. The van der Waals surface area contributed by atoms with Crippen LogP contribution in [0.15, 0.2) is 48.5 Å². The summed E-state index contributed by atoms with van der Waals surface area (Å²) in [5.74, 6) is 1.26. The highest BCUT2D eigenvalue weighted by Crippen LogP contribution is 2.18. The molecule has 0 N–H and O–H groups in total. The van der Waals surface area contributed by atoms with Gasteiger partial charge in [0.1, 0.15) is 23.9 Å². The molecule has 0 amide bonds. The van der Waals surface area contributed by atoms with Crippen LogP contribution in [0, 0.1) is 5.82 Å². The maximum Gasteiger partial charge on any atom is 0.123 e. The third-order valence-corrected chi connectivity index (χ3v) is 2.35. The van der Waals surface area contributed by atoms with Crippen molar-refractivity contribution in [2.24, 2.45) is 0 Å². The minimum Gasteiger partial charge on any atom is -0.497 e. The van der Waals surface area contributed by atoms with Gasteiger partial charge in [-0.15, -0.1) is 0 Å². The standard InChI is InChI=1S/C14H13FO2/c1-16-13-5-7-14(8-6-13)17-10-11-3-2-4-12(15)9-11/h2-9H,10H2,1H3. The normalized spacial score (nSPS) is 10.0. The lowest BCUT2D eigenvalue weighted by Gasteiger charge is -2.07. The molecule has 2 aromatic carbocycles. The topological polar surface area (TPSA) is 18.5 Å². The molecule has 0 heterocycles. The van der Waals surface area contributed by atoms with Crippen molar-refractivity contribution in [3.05, 3.63) is 59.9 Å². The highest BCUT2D eigenvalue weighted by molar-refractivity contribution is 5.31. The third kappa shape index (κ3) is 3.21. The molecule has 0 spiro atoms. The van der Waals surface area contributed by atoms with Crippen LogP contribution in [0.2, 0.25) is 0 Å². The number of hydrogen-bond acceptors (Lipinski definition) is 2. The molecule has 88 valence electrons. The summed E-state index contributed by atoms with van der Waals surface area (Å²) in [4.78, 5) is 0. The van der Waals surface area contributed by atoms with Crippen LogP contribution in [-0.4, -0.2) is 7.11 Å². The quantitative estimate of drug-likeness (QED) is 0.804. The second-order valence-corrected chi connectivity index (χ2v) is 3.59. The highest BCUT2D eigenvalue weighted by atomic mass is 19.1. The minimum atomic E-state index is -0.249. The molecule has 0 radical (unpaired) electrons. The monoisotopic (exact) mass is 232 g/mol. The molecule has 2 nitrogen and oxygen atoms in total. The Bertz CT molecular complexity index is 480. The lowest BCUT2D eigenvalue weighted by atomic mass is 10.2. The van der Waals surface area contributed by atoms with Crippen LogP contribution in [0.5, 0.6) is 11.5 Å². The number of benzene rings is 2. The van der Waals surface area contributed by atoms with Crippen LogP contribution in [0.25, 0.3) is 0 Å². The van der Waals surface area contributed by atoms with Crippen LogP contribution >= 0.6 is 0 Å². The SMILES string of the molecule is COc1ccc(OCc2cccc(F)c2)cc1. The molecule has 0 unspecified atom stereocenters. The maximum atomic E-state index is 12.9. The van der Waals surface area contributed by atoms with Gasteiger partial charge in [0, 0.05) is 0 Å². The molecule has 2 aromatic rings. The van der Waals surface area contributed by atoms with Crippen molar-refractivity contribution in [3.8, 4) is 11.5 Å². The highest BCUT2D eigenvalue weighted by Gasteiger charge is 1.98. The van der Waals surface area contributed by atoms with Crippen molar-refractivity contribution in [2.75, 3.05) is 7.11 Å². The van der Waals surface area contributed by atoms with Crippen LogP contribution in [-0.2, 0) is 6.61 Å². The number of methoxy groups -OCH3 is 1. The molecule has 0 aliphatic rings. The smallest absolute Gasteiger partial charge is 0.123 e. The number of hydrogen-bond donors (Lipinski definition) is 0. The molecule has 17 heavy (non-hydrogen) atoms. The van der Waals surface area contributed by atoms with E-state index in [1.54, 1.807) is 13.2 Å². The van der Waals surface area contributed by atoms with Crippen molar-refractivity contribution in [1.82, 2.24) is 0 Å². The van der Waals surface area contributed by atoms with E-state index in [9.17, 15) is 4.39 Å². The molecule has 0 fully saturated rings. The zero-order valence-electron chi connectivity index (χ0n) is 9.52. The Labute approximate surface area is 99.6 Å². The molecule has 0 saturated carbocycles. The number of halogens is 1. The van der Waals surface area contributed by atoms with E-state index in [1.165, 1.54) is 12.1 Å². The van der Waals surface area contributed by atoms with Crippen LogP contribution in [0.3, 0.4) is 0 Å². The van der Waals surface area contributed by atoms with E-state index < -0.39 is 0 Å². The molecule has 2 rings (SSSR count). The Kier molecular flexibility index (Phi) is 3.60. The summed E-state index contributed by atoms with van der Waals surface area (Å²) in [6.07, 6.45) is 0. The van der Waals surface area contributed by atoms with Gasteiger partial charge in [0.2, 0.25) is 0 Å². The first-order chi connectivity index (χ1) is 8.28. The van der Waals surface area contributed by atoms with E-state index >= 15 is 0 Å². The van der Waals surface area contributed by atoms with Crippen LogP contribution < -0.4 is 9.47 Å². The van der Waals surface area contributed by atoms with E-state index in [-0.39, 0.29) is 5.82 Å². The van der Waals surface area contributed by atoms with Gasteiger partial charge in [0.15, 0.2) is 0 Å². The largest absolute Gasteiger partial charge is 0.497 e. The van der Waals surface area contributed by atoms with Gasteiger partial charge in [-0.1, -0.05) is 12.1 Å². The maximum absolute atomic E-state index is 12.9. The van der Waals surface area contributed by atoms with Gasteiger partial charge < -0.3 is 9.47 Å². The van der Waals surface area contributed by atoms with Gasteiger partial charge in [-0.2, -0.15) is 0 Å².